The van der Waals surface area contributed by atoms with Gasteiger partial charge in [0, 0.05) is 31.5 Å². The van der Waals surface area contributed by atoms with Gasteiger partial charge < -0.3 is 23.9 Å². The molecule has 0 bridgehead atoms. The van der Waals surface area contributed by atoms with Gasteiger partial charge in [0.25, 0.3) is 0 Å². The molecular formula is C20H25NO6. The van der Waals surface area contributed by atoms with E-state index in [1.54, 1.807) is 24.0 Å². The summed E-state index contributed by atoms with van der Waals surface area (Å²) in [6.07, 6.45) is 0.994. The van der Waals surface area contributed by atoms with E-state index in [1.165, 1.54) is 0 Å². The number of aromatic carboxylic acids is 1. The summed E-state index contributed by atoms with van der Waals surface area (Å²) in [5.41, 5.74) is 0.536. The molecule has 0 aliphatic carbocycles. The van der Waals surface area contributed by atoms with E-state index in [1.807, 2.05) is 26.8 Å². The summed E-state index contributed by atoms with van der Waals surface area (Å²) in [6, 6.07) is 5.32. The minimum Gasteiger partial charge on any atom is -0.490 e. The van der Waals surface area contributed by atoms with Crippen molar-refractivity contribution in [1.29, 1.82) is 0 Å². The Kier molecular flexibility index (Phi) is 5.04. The van der Waals surface area contributed by atoms with Crippen molar-refractivity contribution < 1.29 is 28.6 Å². The zero-order valence-corrected chi connectivity index (χ0v) is 16.1. The van der Waals surface area contributed by atoms with Crippen LogP contribution in [0, 0.1) is 6.92 Å². The van der Waals surface area contributed by atoms with Crippen LogP contribution in [0.5, 0.6) is 5.75 Å². The minimum absolute atomic E-state index is 0.0585. The Bertz CT molecular complexity index is 855. The number of likely N-dealkylation sites (tertiary alicyclic amines) is 1. The molecule has 0 unspecified atom stereocenters. The summed E-state index contributed by atoms with van der Waals surface area (Å²) >= 11 is 0. The van der Waals surface area contributed by atoms with Gasteiger partial charge in [0.05, 0.1) is 5.39 Å². The molecule has 0 atom stereocenters. The minimum atomic E-state index is -1.10. The number of fused-ring (bicyclic) bond motifs is 1. The molecule has 1 aromatic heterocycles. The highest BCUT2D eigenvalue weighted by Gasteiger charge is 2.28. The molecule has 2 heterocycles. The van der Waals surface area contributed by atoms with Crippen LogP contribution in [0.25, 0.3) is 11.0 Å². The van der Waals surface area contributed by atoms with Gasteiger partial charge in [-0.15, -0.1) is 0 Å². The molecule has 146 valence electrons. The number of rotatable bonds is 3. The number of carboxylic acid groups (broad SMARTS) is 1. The number of benzene rings is 1. The highest BCUT2D eigenvalue weighted by atomic mass is 16.6. The van der Waals surface area contributed by atoms with Crippen LogP contribution in [0.1, 0.15) is 49.7 Å². The average molecular weight is 375 g/mol. The third-order valence-corrected chi connectivity index (χ3v) is 4.50. The third-order valence-electron chi connectivity index (χ3n) is 4.50. The van der Waals surface area contributed by atoms with E-state index >= 15 is 0 Å². The molecule has 0 spiro atoms. The van der Waals surface area contributed by atoms with Crippen molar-refractivity contribution in [3.63, 3.8) is 0 Å². The molecule has 1 aliphatic heterocycles. The molecule has 0 radical (unpaired) electrons. The summed E-state index contributed by atoms with van der Waals surface area (Å²) < 4.78 is 17.0. The second-order valence-electron chi connectivity index (χ2n) is 7.78. The maximum absolute atomic E-state index is 12.2. The van der Waals surface area contributed by atoms with Crippen molar-refractivity contribution in [1.82, 2.24) is 4.90 Å². The molecular weight excluding hydrogens is 350 g/mol. The molecule has 1 aliphatic rings. The quantitative estimate of drug-likeness (QED) is 0.864. The van der Waals surface area contributed by atoms with Crippen LogP contribution in [0.4, 0.5) is 4.79 Å². The molecule has 1 aromatic carbocycles. The Labute approximate surface area is 157 Å². The Morgan fingerprint density at radius 2 is 1.89 bits per heavy atom. The maximum Gasteiger partial charge on any atom is 0.410 e. The van der Waals surface area contributed by atoms with Crippen molar-refractivity contribution in [2.75, 3.05) is 13.1 Å². The second kappa shape index (κ2) is 7.13. The van der Waals surface area contributed by atoms with Gasteiger partial charge in [0.15, 0.2) is 0 Å². The number of carbonyl (C=O) groups is 2. The van der Waals surface area contributed by atoms with E-state index in [0.717, 1.165) is 0 Å². The number of carboxylic acids is 1. The van der Waals surface area contributed by atoms with Gasteiger partial charge in [0.1, 0.15) is 23.0 Å². The maximum atomic E-state index is 12.2. The topological polar surface area (TPSA) is 89.2 Å². The predicted octanol–water partition coefficient (Wildman–Crippen LogP) is 4.22. The molecule has 1 amide bonds. The second-order valence-corrected chi connectivity index (χ2v) is 7.78. The standard InChI is InChI=1S/C20H25NO6/c1-12-16-14(6-5-7-15(16)26-17(12)18(22)23)25-13-8-10-21(11-9-13)19(24)27-20(2,3)4/h5-7,13H,8-11H2,1-4H3,(H,22,23). The van der Waals surface area contributed by atoms with Crippen LogP contribution in [0.15, 0.2) is 22.6 Å². The Morgan fingerprint density at radius 1 is 1.22 bits per heavy atom. The number of nitrogens with zero attached hydrogens (tertiary/aromatic N) is 1. The smallest absolute Gasteiger partial charge is 0.410 e. The fourth-order valence-electron chi connectivity index (χ4n) is 3.23. The van der Waals surface area contributed by atoms with Crippen molar-refractivity contribution in [3.8, 4) is 5.75 Å². The summed E-state index contributed by atoms with van der Waals surface area (Å²) in [5.74, 6) is -0.557. The predicted molar refractivity (Wildman–Crippen MR) is 99.4 cm³/mol. The molecule has 2 aromatic rings. The van der Waals surface area contributed by atoms with Gasteiger partial charge in [-0.25, -0.2) is 9.59 Å². The van der Waals surface area contributed by atoms with E-state index in [9.17, 15) is 14.7 Å². The molecule has 3 rings (SSSR count). The van der Waals surface area contributed by atoms with Gasteiger partial charge in [0.2, 0.25) is 5.76 Å². The monoisotopic (exact) mass is 375 g/mol. The van der Waals surface area contributed by atoms with Gasteiger partial charge in [-0.3, -0.25) is 0 Å². The van der Waals surface area contributed by atoms with Crippen LogP contribution < -0.4 is 4.74 Å². The number of hydrogen-bond donors (Lipinski definition) is 1. The Balaban J connectivity index is 1.69. The van der Waals surface area contributed by atoms with E-state index in [2.05, 4.69) is 0 Å². The normalized spacial score (nSPS) is 15.8. The highest BCUT2D eigenvalue weighted by molar-refractivity contribution is 5.97. The van der Waals surface area contributed by atoms with Crippen LogP contribution in [-0.4, -0.2) is 46.9 Å². The largest absolute Gasteiger partial charge is 0.490 e. The highest BCUT2D eigenvalue weighted by Crippen LogP contribution is 2.34. The number of hydrogen-bond acceptors (Lipinski definition) is 5. The van der Waals surface area contributed by atoms with Crippen LogP contribution in [-0.2, 0) is 4.74 Å². The summed E-state index contributed by atoms with van der Waals surface area (Å²) in [5, 5.41) is 9.94. The lowest BCUT2D eigenvalue weighted by atomic mass is 10.1. The van der Waals surface area contributed by atoms with E-state index < -0.39 is 11.6 Å². The first-order valence-electron chi connectivity index (χ1n) is 9.05. The number of ether oxygens (including phenoxy) is 2. The Hall–Kier alpha value is -2.70. The van der Waals surface area contributed by atoms with E-state index in [-0.39, 0.29) is 18.0 Å². The van der Waals surface area contributed by atoms with Gasteiger partial charge >= 0.3 is 12.1 Å². The molecule has 0 saturated carbocycles. The van der Waals surface area contributed by atoms with Crippen LogP contribution in [0.2, 0.25) is 0 Å². The first-order valence-corrected chi connectivity index (χ1v) is 9.05. The van der Waals surface area contributed by atoms with Crippen LogP contribution in [0.3, 0.4) is 0 Å². The number of carbonyl (C=O) groups excluding carboxylic acids is 1. The van der Waals surface area contributed by atoms with Gasteiger partial charge in [-0.1, -0.05) is 6.07 Å². The first-order chi connectivity index (χ1) is 12.7. The van der Waals surface area contributed by atoms with E-state index in [0.29, 0.717) is 48.2 Å². The zero-order valence-electron chi connectivity index (χ0n) is 16.1. The fourth-order valence-corrected chi connectivity index (χ4v) is 3.23. The number of piperidine rings is 1. The lowest BCUT2D eigenvalue weighted by Crippen LogP contribution is -2.44. The summed E-state index contributed by atoms with van der Waals surface area (Å²) in [6.45, 7) is 8.37. The summed E-state index contributed by atoms with van der Waals surface area (Å²) in [7, 11) is 0. The van der Waals surface area contributed by atoms with Crippen molar-refractivity contribution in [3.05, 3.63) is 29.5 Å². The van der Waals surface area contributed by atoms with Gasteiger partial charge in [-0.2, -0.15) is 0 Å². The lowest BCUT2D eigenvalue weighted by Gasteiger charge is -2.33. The lowest BCUT2D eigenvalue weighted by molar-refractivity contribution is 0.0127. The number of amides is 1. The first kappa shape index (κ1) is 19.1. The molecule has 7 nitrogen and oxygen atoms in total. The average Bonchev–Trinajstić information content (AvgIpc) is 2.92. The SMILES string of the molecule is Cc1c(C(=O)O)oc2cccc(OC3CCN(C(=O)OC(C)(C)C)CC3)c12. The molecule has 7 heteroatoms. The third kappa shape index (κ3) is 4.18. The van der Waals surface area contributed by atoms with Crippen molar-refractivity contribution in [2.45, 2.75) is 52.2 Å². The molecule has 1 saturated heterocycles. The molecule has 1 N–H and O–H groups in total. The Morgan fingerprint density at radius 3 is 2.48 bits per heavy atom. The molecule has 1 fully saturated rings. The fraction of sp³-hybridized carbons (Fsp3) is 0.500. The molecule has 27 heavy (non-hydrogen) atoms. The van der Waals surface area contributed by atoms with E-state index in [4.69, 9.17) is 13.9 Å². The van der Waals surface area contributed by atoms with Crippen molar-refractivity contribution in [2.24, 2.45) is 0 Å². The van der Waals surface area contributed by atoms with Gasteiger partial charge in [-0.05, 0) is 39.8 Å². The zero-order chi connectivity index (χ0) is 19.8. The number of furan rings is 1. The van der Waals surface area contributed by atoms with Crippen LogP contribution >= 0.6 is 0 Å². The van der Waals surface area contributed by atoms with Crippen molar-refractivity contribution >= 4 is 23.0 Å². The number of aryl methyl sites for hydroxylation is 1. The summed E-state index contributed by atoms with van der Waals surface area (Å²) in [4.78, 5) is 25.2.